The normalized spacial score (nSPS) is 17.6. The Labute approximate surface area is 227 Å². The van der Waals surface area contributed by atoms with Crippen molar-refractivity contribution >= 4 is 46.3 Å². The summed E-state index contributed by atoms with van der Waals surface area (Å²) in [6.07, 6.45) is 0. The number of aliphatic hydroxyl groups is 1. The van der Waals surface area contributed by atoms with Crippen LogP contribution in [0.4, 0.5) is 5.69 Å². The van der Waals surface area contributed by atoms with Gasteiger partial charge in [0.05, 0.1) is 43.5 Å². The van der Waals surface area contributed by atoms with E-state index in [4.69, 9.17) is 46.9 Å². The predicted octanol–water partition coefficient (Wildman–Crippen LogP) is 5.37. The number of nitrogens with zero attached hydrogens (tertiary/aromatic N) is 1. The molecule has 1 amide bonds. The molecule has 2 aliphatic heterocycles. The lowest BCUT2D eigenvalue weighted by Gasteiger charge is -2.26. The molecule has 0 bridgehead atoms. The number of carbonyl (C=O) groups excluding carboxylic acids is 2. The fourth-order valence-corrected chi connectivity index (χ4v) is 5.13. The maximum absolute atomic E-state index is 13.5. The maximum atomic E-state index is 13.5. The summed E-state index contributed by atoms with van der Waals surface area (Å²) in [5.74, 6) is -0.466. The van der Waals surface area contributed by atoms with Gasteiger partial charge in [0.25, 0.3) is 11.7 Å². The minimum Gasteiger partial charge on any atom is -0.507 e. The van der Waals surface area contributed by atoms with E-state index in [0.29, 0.717) is 34.2 Å². The van der Waals surface area contributed by atoms with Crippen LogP contribution in [0.2, 0.25) is 10.0 Å². The van der Waals surface area contributed by atoms with Gasteiger partial charge in [0.15, 0.2) is 23.0 Å². The number of ketones is 1. The second-order valence-corrected chi connectivity index (χ2v) is 9.13. The van der Waals surface area contributed by atoms with Crippen LogP contribution < -0.4 is 28.6 Å². The predicted molar refractivity (Wildman–Crippen MR) is 140 cm³/mol. The first-order valence-electron chi connectivity index (χ1n) is 11.2. The van der Waals surface area contributed by atoms with Crippen LogP contribution in [-0.4, -0.2) is 44.9 Å². The third-order valence-corrected chi connectivity index (χ3v) is 6.77. The number of aliphatic hydroxyl groups excluding tert-OH is 1. The molecule has 3 aromatic carbocycles. The topological polar surface area (TPSA) is 104 Å². The van der Waals surface area contributed by atoms with E-state index in [1.165, 1.54) is 38.4 Å². The van der Waals surface area contributed by atoms with Crippen molar-refractivity contribution in [3.05, 3.63) is 75.3 Å². The van der Waals surface area contributed by atoms with E-state index in [1.54, 1.807) is 36.4 Å². The molecular weight excluding hydrogens is 537 g/mol. The quantitative estimate of drug-likeness (QED) is 0.245. The summed E-state index contributed by atoms with van der Waals surface area (Å²) in [4.78, 5) is 28.3. The number of hydrogen-bond donors (Lipinski definition) is 1. The van der Waals surface area contributed by atoms with E-state index in [2.05, 4.69) is 0 Å². The minimum atomic E-state index is -1.07. The molecule has 0 aromatic heterocycles. The molecule has 2 heterocycles. The Balaban J connectivity index is 1.77. The summed E-state index contributed by atoms with van der Waals surface area (Å²) in [6, 6.07) is 11.6. The van der Waals surface area contributed by atoms with Crippen molar-refractivity contribution in [1.29, 1.82) is 0 Å². The Morgan fingerprint density at radius 1 is 0.921 bits per heavy atom. The molecule has 1 N–H and O–H groups in total. The first-order valence-corrected chi connectivity index (χ1v) is 12.0. The van der Waals surface area contributed by atoms with E-state index >= 15 is 0 Å². The van der Waals surface area contributed by atoms with Crippen LogP contribution in [-0.2, 0) is 9.59 Å². The van der Waals surface area contributed by atoms with Crippen LogP contribution in [0.3, 0.4) is 0 Å². The zero-order valence-corrected chi connectivity index (χ0v) is 21.9. The van der Waals surface area contributed by atoms with Crippen LogP contribution in [0.25, 0.3) is 5.76 Å². The van der Waals surface area contributed by atoms with Crippen molar-refractivity contribution in [2.75, 3.05) is 33.0 Å². The van der Waals surface area contributed by atoms with E-state index in [9.17, 15) is 14.7 Å². The lowest BCUT2D eigenvalue weighted by Crippen LogP contribution is -2.29. The highest BCUT2D eigenvalue weighted by Gasteiger charge is 2.48. The molecule has 0 radical (unpaired) electrons. The molecule has 0 spiro atoms. The van der Waals surface area contributed by atoms with Gasteiger partial charge in [-0.2, -0.15) is 0 Å². The molecule has 9 nitrogen and oxygen atoms in total. The smallest absolute Gasteiger partial charge is 0.300 e. The molecule has 38 heavy (non-hydrogen) atoms. The standard InChI is InChI=1S/C27H21Cl2NO8/c1-34-18-6-4-13(8-20(18)35-2)23-22(24(31)16-9-14(28)10-17(29)26(16)36-3)25(32)27(33)30(23)15-5-7-19-21(11-15)38-12-37-19/h4-11,23,31H,12H2,1-3H3/b24-22+. The molecule has 1 unspecified atom stereocenters. The SMILES string of the molecule is COc1ccc(C2/C(=C(\O)c3cc(Cl)cc(Cl)c3OC)C(=O)C(=O)N2c2ccc3c(c2)OCO3)cc1OC. The summed E-state index contributed by atoms with van der Waals surface area (Å²) in [5.41, 5.74) is 0.676. The van der Waals surface area contributed by atoms with E-state index < -0.39 is 23.5 Å². The summed E-state index contributed by atoms with van der Waals surface area (Å²) in [7, 11) is 4.32. The Bertz CT molecular complexity index is 1500. The lowest BCUT2D eigenvalue weighted by atomic mass is 9.94. The molecule has 1 fully saturated rings. The average molecular weight is 558 g/mol. The lowest BCUT2D eigenvalue weighted by molar-refractivity contribution is -0.132. The van der Waals surface area contributed by atoms with Gasteiger partial charge in [0.2, 0.25) is 6.79 Å². The van der Waals surface area contributed by atoms with Crippen molar-refractivity contribution in [3.8, 4) is 28.7 Å². The molecule has 196 valence electrons. The Morgan fingerprint density at radius 3 is 2.37 bits per heavy atom. The van der Waals surface area contributed by atoms with E-state index in [-0.39, 0.29) is 33.7 Å². The summed E-state index contributed by atoms with van der Waals surface area (Å²) >= 11 is 12.5. The van der Waals surface area contributed by atoms with Crippen molar-refractivity contribution in [1.82, 2.24) is 0 Å². The summed E-state index contributed by atoms with van der Waals surface area (Å²) < 4.78 is 27.1. The third-order valence-electron chi connectivity index (χ3n) is 6.27. The van der Waals surface area contributed by atoms with Crippen LogP contribution >= 0.6 is 23.2 Å². The molecule has 2 aliphatic rings. The van der Waals surface area contributed by atoms with Crippen LogP contribution in [0.5, 0.6) is 28.7 Å². The number of methoxy groups -OCH3 is 3. The fourth-order valence-electron chi connectivity index (χ4n) is 4.56. The van der Waals surface area contributed by atoms with E-state index in [0.717, 1.165) is 0 Å². The average Bonchev–Trinajstić information content (AvgIpc) is 3.49. The van der Waals surface area contributed by atoms with Gasteiger partial charge in [-0.25, -0.2) is 0 Å². The fraction of sp³-hybridized carbons (Fsp3) is 0.185. The highest BCUT2D eigenvalue weighted by atomic mass is 35.5. The monoisotopic (exact) mass is 557 g/mol. The number of halogens is 2. The number of hydrogen-bond acceptors (Lipinski definition) is 8. The second-order valence-electron chi connectivity index (χ2n) is 8.29. The van der Waals surface area contributed by atoms with Gasteiger partial charge < -0.3 is 28.8 Å². The molecular formula is C27H21Cl2NO8. The number of rotatable bonds is 6. The molecule has 1 saturated heterocycles. The Morgan fingerprint density at radius 2 is 1.66 bits per heavy atom. The number of Topliss-reactive ketones (excluding diaryl/α,β-unsaturated/α-hetero) is 1. The zero-order chi connectivity index (χ0) is 27.1. The van der Waals surface area contributed by atoms with Gasteiger partial charge in [0.1, 0.15) is 11.5 Å². The largest absolute Gasteiger partial charge is 0.507 e. The Hall–Kier alpha value is -4.08. The van der Waals surface area contributed by atoms with Gasteiger partial charge >= 0.3 is 0 Å². The van der Waals surface area contributed by atoms with Gasteiger partial charge in [-0.1, -0.05) is 29.3 Å². The minimum absolute atomic E-state index is 0.0338. The van der Waals surface area contributed by atoms with Crippen LogP contribution in [0, 0.1) is 0 Å². The maximum Gasteiger partial charge on any atom is 0.300 e. The number of fused-ring (bicyclic) bond motifs is 1. The highest BCUT2D eigenvalue weighted by Crippen LogP contribution is 2.47. The first-order chi connectivity index (χ1) is 18.3. The number of anilines is 1. The first kappa shape index (κ1) is 25.6. The van der Waals surface area contributed by atoms with Crippen molar-refractivity contribution in [2.45, 2.75) is 6.04 Å². The number of amides is 1. The van der Waals surface area contributed by atoms with Gasteiger partial charge in [-0.15, -0.1) is 0 Å². The van der Waals surface area contributed by atoms with E-state index in [1.807, 2.05) is 0 Å². The molecule has 5 rings (SSSR count). The zero-order valence-electron chi connectivity index (χ0n) is 20.4. The highest BCUT2D eigenvalue weighted by molar-refractivity contribution is 6.52. The van der Waals surface area contributed by atoms with Gasteiger partial charge in [0, 0.05) is 16.8 Å². The van der Waals surface area contributed by atoms with Crippen LogP contribution in [0.15, 0.2) is 54.1 Å². The summed E-state index contributed by atoms with van der Waals surface area (Å²) in [6.45, 7) is 0.0338. The number of carbonyl (C=O) groups is 2. The number of benzene rings is 3. The Kier molecular flexibility index (Phi) is 6.73. The van der Waals surface area contributed by atoms with Crippen LogP contribution in [0.1, 0.15) is 17.2 Å². The molecule has 0 saturated carbocycles. The summed E-state index contributed by atoms with van der Waals surface area (Å²) in [5, 5.41) is 11.8. The second kappa shape index (κ2) is 10.00. The van der Waals surface area contributed by atoms with Gasteiger partial charge in [-0.3, -0.25) is 14.5 Å². The van der Waals surface area contributed by atoms with Crippen molar-refractivity contribution in [3.63, 3.8) is 0 Å². The van der Waals surface area contributed by atoms with Crippen molar-refractivity contribution < 1.29 is 38.4 Å². The third kappa shape index (κ3) is 4.13. The molecule has 0 aliphatic carbocycles. The van der Waals surface area contributed by atoms with Gasteiger partial charge in [-0.05, 0) is 42.0 Å². The molecule has 11 heteroatoms. The number of ether oxygens (including phenoxy) is 5. The van der Waals surface area contributed by atoms with Crippen molar-refractivity contribution in [2.24, 2.45) is 0 Å². The molecule has 1 atom stereocenters. The molecule has 3 aromatic rings.